The van der Waals surface area contributed by atoms with Crippen LogP contribution in [0.5, 0.6) is 0 Å². The molecule has 0 unspecified atom stereocenters. The molecule has 0 aromatic carbocycles. The molecule has 13 atom stereocenters. The van der Waals surface area contributed by atoms with Gasteiger partial charge in [0.1, 0.15) is 11.7 Å². The third-order valence-electron chi connectivity index (χ3n) is 10.9. The summed E-state index contributed by atoms with van der Waals surface area (Å²) in [6.07, 6.45) is 1.94. The minimum Gasteiger partial charge on any atom is -0.624 e. The van der Waals surface area contributed by atoms with Crippen molar-refractivity contribution in [2.45, 2.75) is 67.3 Å². The Bertz CT molecular complexity index is 854. The zero-order valence-electron chi connectivity index (χ0n) is 19.1. The Morgan fingerprint density at radius 3 is 2.44 bits per heavy atom. The molecule has 3 N–H and O–H groups in total. The van der Waals surface area contributed by atoms with Crippen LogP contribution in [0, 0.1) is 39.7 Å². The lowest BCUT2D eigenvalue weighted by atomic mass is 9.44. The van der Waals surface area contributed by atoms with E-state index in [-0.39, 0.29) is 55.0 Å². The van der Waals surface area contributed by atoms with E-state index in [2.05, 4.69) is 0 Å². The van der Waals surface area contributed by atoms with Crippen molar-refractivity contribution < 1.29 is 39.0 Å². The predicted octanol–water partition coefficient (Wildman–Crippen LogP) is -0.470. The number of ether oxygens (including phenoxy) is 4. The molecular formula is C23H35NO8. The highest BCUT2D eigenvalue weighted by atomic mass is 16.5. The molecule has 9 heteroatoms. The van der Waals surface area contributed by atoms with Gasteiger partial charge in [-0.3, -0.25) is 0 Å². The van der Waals surface area contributed by atoms with Gasteiger partial charge in [-0.2, -0.15) is 0 Å². The summed E-state index contributed by atoms with van der Waals surface area (Å²) in [5, 5.41) is 49.5. The highest BCUT2D eigenvalue weighted by Gasteiger charge is 2.93. The zero-order valence-corrected chi connectivity index (χ0v) is 19.1. The first kappa shape index (κ1) is 21.7. The number of methoxy groups -OCH3 is 4. The summed E-state index contributed by atoms with van der Waals surface area (Å²) in [5.74, 6) is -0.835. The van der Waals surface area contributed by atoms with E-state index in [9.17, 15) is 20.5 Å². The second-order valence-electron chi connectivity index (χ2n) is 11.1. The van der Waals surface area contributed by atoms with Gasteiger partial charge in [0.2, 0.25) is 6.04 Å². The summed E-state index contributed by atoms with van der Waals surface area (Å²) in [7, 11) is 6.46. The average molecular weight is 454 g/mol. The number of hydroxylamine groups is 1. The number of aliphatic hydroxyl groups excluding tert-OH is 1. The van der Waals surface area contributed by atoms with E-state index in [0.717, 1.165) is 4.74 Å². The molecule has 0 aromatic heterocycles. The van der Waals surface area contributed by atoms with Crippen LogP contribution in [-0.2, 0) is 18.9 Å². The minimum absolute atomic E-state index is 0.0476. The van der Waals surface area contributed by atoms with Crippen molar-refractivity contribution >= 4 is 6.21 Å². The van der Waals surface area contributed by atoms with Crippen LogP contribution < -0.4 is 0 Å². The van der Waals surface area contributed by atoms with Gasteiger partial charge in [-0.05, 0) is 25.2 Å². The number of hydrogen-bond acceptors (Lipinski definition) is 8. The fourth-order valence-corrected chi connectivity index (χ4v) is 10.3. The number of fused-ring (bicyclic) bond motifs is 2. The molecule has 6 aliphatic rings. The van der Waals surface area contributed by atoms with Crippen LogP contribution in [0.3, 0.4) is 0 Å². The van der Waals surface area contributed by atoms with Crippen molar-refractivity contribution in [1.82, 2.24) is 0 Å². The minimum atomic E-state index is -1.87. The van der Waals surface area contributed by atoms with Crippen LogP contribution in [0.25, 0.3) is 0 Å². The van der Waals surface area contributed by atoms with Crippen LogP contribution in [0.4, 0.5) is 0 Å². The molecule has 1 aliphatic heterocycles. The van der Waals surface area contributed by atoms with E-state index < -0.39 is 34.2 Å². The third-order valence-corrected chi connectivity index (χ3v) is 10.9. The Labute approximate surface area is 187 Å². The van der Waals surface area contributed by atoms with Gasteiger partial charge in [-0.25, -0.2) is 4.74 Å². The SMILES string of the molecule is CO[C@H]1[C@@H]2C[C@@H]3[C@H]1[C@](O)(C[C@@H]2OC)[C@@]1(O)[C@@H](OC)[C@@H]2[C@]4(CO)C=[N+]([O-])[C@H]1[C@]32[C@@H](OC)CC4. The molecule has 7 bridgehead atoms. The molecule has 1 heterocycles. The maximum Gasteiger partial charge on any atom is 0.205 e. The maximum atomic E-state index is 13.8. The van der Waals surface area contributed by atoms with Crippen LogP contribution in [0.15, 0.2) is 0 Å². The van der Waals surface area contributed by atoms with Gasteiger partial charge >= 0.3 is 0 Å². The van der Waals surface area contributed by atoms with Crippen molar-refractivity contribution in [2.75, 3.05) is 35.0 Å². The lowest BCUT2D eigenvalue weighted by Gasteiger charge is -2.64. The zero-order chi connectivity index (χ0) is 22.8. The van der Waals surface area contributed by atoms with Gasteiger partial charge in [0.05, 0.1) is 35.7 Å². The molecule has 0 amide bonds. The monoisotopic (exact) mass is 453 g/mol. The lowest BCUT2D eigenvalue weighted by molar-refractivity contribution is -0.576. The number of hydrogen-bond donors (Lipinski definition) is 3. The van der Waals surface area contributed by atoms with Gasteiger partial charge in [0.25, 0.3) is 0 Å². The summed E-state index contributed by atoms with van der Waals surface area (Å²) in [4.78, 5) is 0. The summed E-state index contributed by atoms with van der Waals surface area (Å²) in [6.45, 7) is -0.217. The number of nitrogens with zero attached hydrogens (tertiary/aromatic N) is 1. The highest BCUT2D eigenvalue weighted by Crippen LogP contribution is 2.79. The standard InChI is InChI=1S/C23H35NO8/c1-29-13-8-21(26)15-12(7-11(13)16(15)31-3)22-14(30-2)5-6-20(10-25)9-24(28)19(22)23(21,27)18(32-4)17(20)22/h9,11-19,25-27H,5-8,10H2,1-4H3/t11-,12-,13+,14+,15-,16+,17-,18+,19+,20+,21-,22+,23-/m1/s1. The molecule has 180 valence electrons. The third kappa shape index (κ3) is 1.88. The number of aliphatic hydroxyl groups is 3. The van der Waals surface area contributed by atoms with Crippen molar-refractivity contribution in [3.63, 3.8) is 0 Å². The molecule has 9 nitrogen and oxygen atoms in total. The summed E-state index contributed by atoms with van der Waals surface area (Å²) >= 11 is 0. The van der Waals surface area contributed by atoms with Gasteiger partial charge in [0.15, 0.2) is 11.8 Å². The maximum absolute atomic E-state index is 13.8. The molecule has 5 saturated carbocycles. The molecule has 32 heavy (non-hydrogen) atoms. The first-order chi connectivity index (χ1) is 15.3. The molecule has 6 rings (SSSR count). The van der Waals surface area contributed by atoms with Crippen LogP contribution >= 0.6 is 0 Å². The molecule has 5 aliphatic carbocycles. The molecule has 0 saturated heterocycles. The first-order valence-electron chi connectivity index (χ1n) is 11.7. The predicted molar refractivity (Wildman–Crippen MR) is 111 cm³/mol. The van der Waals surface area contributed by atoms with Gasteiger partial charge in [0, 0.05) is 52.6 Å². The molecule has 0 aromatic rings. The van der Waals surface area contributed by atoms with Crippen molar-refractivity contribution in [3.05, 3.63) is 5.21 Å². The van der Waals surface area contributed by atoms with E-state index in [0.29, 0.717) is 19.3 Å². The van der Waals surface area contributed by atoms with Gasteiger partial charge < -0.3 is 39.5 Å². The van der Waals surface area contributed by atoms with Crippen LogP contribution in [0.2, 0.25) is 0 Å². The normalized spacial score (nSPS) is 61.6. The van der Waals surface area contributed by atoms with Crippen LogP contribution in [0.1, 0.15) is 25.7 Å². The fraction of sp³-hybridized carbons (Fsp3) is 0.957. The van der Waals surface area contributed by atoms with Crippen molar-refractivity contribution in [1.29, 1.82) is 0 Å². The fourth-order valence-electron chi connectivity index (χ4n) is 10.3. The van der Waals surface area contributed by atoms with Crippen LogP contribution in [-0.4, -0.2) is 103 Å². The Hall–Kier alpha value is -0.810. The van der Waals surface area contributed by atoms with E-state index >= 15 is 0 Å². The summed E-state index contributed by atoms with van der Waals surface area (Å²) in [5.41, 5.74) is -5.13. The van der Waals surface area contributed by atoms with Gasteiger partial charge in [-0.1, -0.05) is 0 Å². The molecule has 1 spiro atoms. The molecule has 0 radical (unpaired) electrons. The highest BCUT2D eigenvalue weighted by molar-refractivity contribution is 5.66. The second-order valence-corrected chi connectivity index (χ2v) is 11.1. The second kappa shape index (κ2) is 6.44. The van der Waals surface area contributed by atoms with Crippen molar-refractivity contribution in [3.8, 4) is 0 Å². The van der Waals surface area contributed by atoms with Crippen molar-refractivity contribution in [2.24, 2.45) is 34.5 Å². The Kier molecular flexibility index (Phi) is 4.37. The largest absolute Gasteiger partial charge is 0.624 e. The first-order valence-corrected chi connectivity index (χ1v) is 11.7. The Morgan fingerprint density at radius 1 is 1.09 bits per heavy atom. The lowest BCUT2D eigenvalue weighted by Crippen LogP contribution is -2.80. The summed E-state index contributed by atoms with van der Waals surface area (Å²) in [6, 6.07) is -0.937. The topological polar surface area (TPSA) is 124 Å². The Balaban J connectivity index is 1.70. The quantitative estimate of drug-likeness (QED) is 0.377. The van der Waals surface area contributed by atoms with E-state index in [1.54, 1.807) is 27.5 Å². The average Bonchev–Trinajstić information content (AvgIpc) is 3.21. The smallest absolute Gasteiger partial charge is 0.205 e. The molecular weight excluding hydrogens is 418 g/mol. The molecule has 5 fully saturated rings. The van der Waals surface area contributed by atoms with Gasteiger partial charge in [-0.15, -0.1) is 0 Å². The van der Waals surface area contributed by atoms with E-state index in [4.69, 9.17) is 18.9 Å². The van der Waals surface area contributed by atoms with E-state index in [1.807, 2.05) is 0 Å². The summed E-state index contributed by atoms with van der Waals surface area (Å²) < 4.78 is 24.7. The number of rotatable bonds is 5. The van der Waals surface area contributed by atoms with E-state index in [1.165, 1.54) is 7.11 Å². The Morgan fingerprint density at radius 2 is 1.84 bits per heavy atom.